The Morgan fingerprint density at radius 2 is 1.89 bits per heavy atom. The van der Waals surface area contributed by atoms with Gasteiger partial charge in [0, 0.05) is 17.5 Å². The topological polar surface area (TPSA) is 38.0 Å². The number of rotatable bonds is 2. The Morgan fingerprint density at radius 3 is 2.52 bits per heavy atom. The SMILES string of the molecule is CCn1c(C#Cc2cccc(OC)c2)c(C#N)c2ccc(C(F)(F)F)cc21. The molecule has 1 heterocycles. The third kappa shape index (κ3) is 3.47. The zero-order chi connectivity index (χ0) is 19.6. The first-order chi connectivity index (χ1) is 12.9. The van der Waals surface area contributed by atoms with Crippen LogP contribution in [0.5, 0.6) is 5.75 Å². The predicted molar refractivity (Wildman–Crippen MR) is 96.3 cm³/mol. The zero-order valence-corrected chi connectivity index (χ0v) is 14.7. The number of hydrogen-bond donors (Lipinski definition) is 0. The molecule has 0 N–H and O–H groups in total. The minimum absolute atomic E-state index is 0.274. The van der Waals surface area contributed by atoms with Crippen molar-refractivity contribution in [3.63, 3.8) is 0 Å². The van der Waals surface area contributed by atoms with Crippen molar-refractivity contribution in [1.29, 1.82) is 5.26 Å². The van der Waals surface area contributed by atoms with Crippen LogP contribution in [0.2, 0.25) is 0 Å². The second-order valence-corrected chi connectivity index (χ2v) is 5.79. The van der Waals surface area contributed by atoms with Crippen molar-refractivity contribution < 1.29 is 17.9 Å². The number of halogens is 3. The van der Waals surface area contributed by atoms with Gasteiger partial charge in [-0.15, -0.1) is 0 Å². The molecule has 0 saturated heterocycles. The highest BCUT2D eigenvalue weighted by atomic mass is 19.4. The third-order valence-electron chi connectivity index (χ3n) is 4.21. The summed E-state index contributed by atoms with van der Waals surface area (Å²) in [5.41, 5.74) is 0.952. The molecule has 0 aliphatic carbocycles. The van der Waals surface area contributed by atoms with Gasteiger partial charge in [-0.3, -0.25) is 0 Å². The van der Waals surface area contributed by atoms with Crippen molar-refractivity contribution in [3.8, 4) is 23.7 Å². The Hall–Kier alpha value is -3.38. The van der Waals surface area contributed by atoms with Crippen LogP contribution >= 0.6 is 0 Å². The van der Waals surface area contributed by atoms with Crippen LogP contribution in [0, 0.1) is 23.2 Å². The second-order valence-electron chi connectivity index (χ2n) is 5.79. The second kappa shape index (κ2) is 7.09. The molecule has 1 aromatic heterocycles. The van der Waals surface area contributed by atoms with Crippen LogP contribution < -0.4 is 4.74 Å². The Morgan fingerprint density at radius 1 is 1.11 bits per heavy atom. The fourth-order valence-corrected chi connectivity index (χ4v) is 2.93. The van der Waals surface area contributed by atoms with E-state index in [9.17, 15) is 18.4 Å². The Balaban J connectivity index is 2.21. The maximum absolute atomic E-state index is 13.1. The van der Waals surface area contributed by atoms with Crippen LogP contribution in [0.1, 0.15) is 29.3 Å². The van der Waals surface area contributed by atoms with Crippen LogP contribution in [-0.2, 0) is 12.7 Å². The van der Waals surface area contributed by atoms with E-state index in [0.717, 1.165) is 12.1 Å². The van der Waals surface area contributed by atoms with Gasteiger partial charge in [-0.05, 0) is 43.2 Å². The van der Waals surface area contributed by atoms with E-state index in [1.54, 1.807) is 42.9 Å². The van der Waals surface area contributed by atoms with Crippen molar-refractivity contribution >= 4 is 10.9 Å². The van der Waals surface area contributed by atoms with Gasteiger partial charge < -0.3 is 9.30 Å². The lowest BCUT2D eigenvalue weighted by Crippen LogP contribution is -2.05. The van der Waals surface area contributed by atoms with Gasteiger partial charge in [-0.25, -0.2) is 0 Å². The highest BCUT2D eigenvalue weighted by Crippen LogP contribution is 2.34. The van der Waals surface area contributed by atoms with Gasteiger partial charge in [-0.2, -0.15) is 18.4 Å². The maximum Gasteiger partial charge on any atom is 0.416 e. The minimum atomic E-state index is -4.45. The average Bonchev–Trinajstić information content (AvgIpc) is 2.97. The molecule has 0 saturated carbocycles. The molecule has 0 aliphatic rings. The zero-order valence-electron chi connectivity index (χ0n) is 14.7. The quantitative estimate of drug-likeness (QED) is 0.600. The fraction of sp³-hybridized carbons (Fsp3) is 0.190. The molecule has 0 amide bonds. The number of aryl methyl sites for hydroxylation is 1. The molecule has 0 unspecified atom stereocenters. The highest BCUT2D eigenvalue weighted by Gasteiger charge is 2.31. The van der Waals surface area contributed by atoms with E-state index in [-0.39, 0.29) is 5.56 Å². The third-order valence-corrected chi connectivity index (χ3v) is 4.21. The predicted octanol–water partition coefficient (Wildman–Crippen LogP) is 4.96. The van der Waals surface area contributed by atoms with E-state index in [0.29, 0.717) is 34.5 Å². The van der Waals surface area contributed by atoms with Gasteiger partial charge in [0.2, 0.25) is 0 Å². The minimum Gasteiger partial charge on any atom is -0.497 e. The van der Waals surface area contributed by atoms with E-state index in [1.807, 2.05) is 0 Å². The summed E-state index contributed by atoms with van der Waals surface area (Å²) in [5.74, 6) is 6.57. The molecule has 3 aromatic rings. The average molecular weight is 368 g/mol. The molecule has 3 nitrogen and oxygen atoms in total. The number of nitriles is 1. The van der Waals surface area contributed by atoms with Crippen molar-refractivity contribution in [3.05, 3.63) is 64.8 Å². The number of benzene rings is 2. The molecule has 3 rings (SSSR count). The molecule has 0 atom stereocenters. The lowest BCUT2D eigenvalue weighted by Gasteiger charge is -2.08. The van der Waals surface area contributed by atoms with Crippen LogP contribution in [-0.4, -0.2) is 11.7 Å². The number of methoxy groups -OCH3 is 1. The Labute approximate surface area is 154 Å². The molecule has 136 valence electrons. The lowest BCUT2D eigenvalue weighted by atomic mass is 10.1. The fourth-order valence-electron chi connectivity index (χ4n) is 2.93. The lowest BCUT2D eigenvalue weighted by molar-refractivity contribution is -0.137. The summed E-state index contributed by atoms with van der Waals surface area (Å²) in [4.78, 5) is 0. The summed E-state index contributed by atoms with van der Waals surface area (Å²) in [6.45, 7) is 2.19. The molecule has 0 bridgehead atoms. The number of nitrogens with zero attached hydrogens (tertiary/aromatic N) is 2. The van der Waals surface area contributed by atoms with Gasteiger partial charge in [0.05, 0.1) is 23.8 Å². The molecule has 2 aromatic carbocycles. The molecular formula is C21H15F3N2O. The smallest absolute Gasteiger partial charge is 0.416 e. The number of ether oxygens (including phenoxy) is 1. The summed E-state index contributed by atoms with van der Waals surface area (Å²) in [7, 11) is 1.55. The number of hydrogen-bond acceptors (Lipinski definition) is 2. The largest absolute Gasteiger partial charge is 0.497 e. The standard InChI is InChI=1S/C21H15F3N2O/c1-3-26-19(10-7-14-5-4-6-16(11-14)27-2)18(13-25)17-9-8-15(12-20(17)26)21(22,23)24/h4-6,8-9,11-12H,3H2,1-2H3. The van der Waals surface area contributed by atoms with Gasteiger partial charge in [0.15, 0.2) is 0 Å². The highest BCUT2D eigenvalue weighted by molar-refractivity contribution is 5.90. The van der Waals surface area contributed by atoms with Crippen LogP contribution in [0.15, 0.2) is 42.5 Å². The molecule has 0 aliphatic heterocycles. The van der Waals surface area contributed by atoms with Gasteiger partial charge in [0.25, 0.3) is 0 Å². The molecule has 0 spiro atoms. The first kappa shape index (κ1) is 18.4. The summed E-state index contributed by atoms with van der Waals surface area (Å²) < 4.78 is 46.0. The van der Waals surface area contributed by atoms with Crippen molar-refractivity contribution in [2.75, 3.05) is 7.11 Å². The van der Waals surface area contributed by atoms with Crippen LogP contribution in [0.4, 0.5) is 13.2 Å². The van der Waals surface area contributed by atoms with Crippen molar-refractivity contribution in [2.24, 2.45) is 0 Å². The number of aromatic nitrogens is 1. The van der Waals surface area contributed by atoms with Crippen LogP contribution in [0.25, 0.3) is 10.9 Å². The molecule has 0 radical (unpaired) electrons. The summed E-state index contributed by atoms with van der Waals surface area (Å²) in [6, 6.07) is 12.6. The first-order valence-corrected chi connectivity index (χ1v) is 8.18. The maximum atomic E-state index is 13.1. The summed E-state index contributed by atoms with van der Waals surface area (Å²) in [5, 5.41) is 10.0. The van der Waals surface area contributed by atoms with Crippen molar-refractivity contribution in [1.82, 2.24) is 4.57 Å². The first-order valence-electron chi connectivity index (χ1n) is 8.18. The van der Waals surface area contributed by atoms with E-state index in [1.165, 1.54) is 6.07 Å². The summed E-state index contributed by atoms with van der Waals surface area (Å²) in [6.07, 6.45) is -4.45. The normalized spacial score (nSPS) is 11.0. The van der Waals surface area contributed by atoms with E-state index >= 15 is 0 Å². The van der Waals surface area contributed by atoms with Gasteiger partial charge in [-0.1, -0.05) is 18.1 Å². The van der Waals surface area contributed by atoms with Crippen LogP contribution in [0.3, 0.4) is 0 Å². The van der Waals surface area contributed by atoms with Gasteiger partial charge >= 0.3 is 6.18 Å². The van der Waals surface area contributed by atoms with Gasteiger partial charge in [0.1, 0.15) is 17.5 Å². The van der Waals surface area contributed by atoms with E-state index in [4.69, 9.17) is 4.74 Å². The molecule has 27 heavy (non-hydrogen) atoms. The summed E-state index contributed by atoms with van der Waals surface area (Å²) >= 11 is 0. The van der Waals surface area contributed by atoms with E-state index < -0.39 is 11.7 Å². The monoisotopic (exact) mass is 368 g/mol. The molecule has 0 fully saturated rings. The number of alkyl halides is 3. The molecule has 6 heteroatoms. The van der Waals surface area contributed by atoms with E-state index in [2.05, 4.69) is 17.9 Å². The van der Waals surface area contributed by atoms with Crippen molar-refractivity contribution in [2.45, 2.75) is 19.6 Å². The molecular weight excluding hydrogens is 353 g/mol. The Kier molecular flexibility index (Phi) is 4.83. The Bertz CT molecular complexity index is 1110. The number of fused-ring (bicyclic) bond motifs is 1.